The highest BCUT2D eigenvalue weighted by Crippen LogP contribution is 2.22. The van der Waals surface area contributed by atoms with E-state index in [0.29, 0.717) is 0 Å². The molecule has 1 heterocycles. The zero-order valence-electron chi connectivity index (χ0n) is 11.3. The Labute approximate surface area is 122 Å². The van der Waals surface area contributed by atoms with Crippen LogP contribution in [0.3, 0.4) is 0 Å². The van der Waals surface area contributed by atoms with Crippen LogP contribution in [0.1, 0.15) is 16.8 Å². The summed E-state index contributed by atoms with van der Waals surface area (Å²) in [5.41, 5.74) is 0.142. The standard InChI is InChI=1S/C14H14O6S/c1-19-14(16)11-4-2-3-5-12(11)20-13(15)8-10-6-7-21(17,18)9-10/h2-7,10H,8-9H2,1H3/t10-/m0/s1. The van der Waals surface area contributed by atoms with Gasteiger partial charge in [0, 0.05) is 11.3 Å². The molecule has 6 nitrogen and oxygen atoms in total. The summed E-state index contributed by atoms with van der Waals surface area (Å²) in [7, 11) is -1.97. The monoisotopic (exact) mass is 310 g/mol. The second kappa shape index (κ2) is 6.09. The van der Waals surface area contributed by atoms with Crippen molar-refractivity contribution >= 4 is 21.8 Å². The molecule has 0 saturated carbocycles. The van der Waals surface area contributed by atoms with E-state index in [-0.39, 0.29) is 23.5 Å². The van der Waals surface area contributed by atoms with E-state index < -0.39 is 27.7 Å². The van der Waals surface area contributed by atoms with Crippen LogP contribution in [0.5, 0.6) is 5.75 Å². The summed E-state index contributed by atoms with van der Waals surface area (Å²) < 4.78 is 32.3. The highest BCUT2D eigenvalue weighted by atomic mass is 32.2. The Hall–Kier alpha value is -2.15. The maximum Gasteiger partial charge on any atom is 0.341 e. The molecular weight excluding hydrogens is 296 g/mol. The van der Waals surface area contributed by atoms with Gasteiger partial charge in [-0.05, 0) is 12.1 Å². The minimum absolute atomic E-state index is 0.0642. The van der Waals surface area contributed by atoms with Crippen molar-refractivity contribution in [3.8, 4) is 5.75 Å². The number of carbonyl (C=O) groups excluding carboxylic acids is 2. The first-order valence-corrected chi connectivity index (χ1v) is 7.92. The molecule has 1 aliphatic rings. The minimum atomic E-state index is -3.20. The predicted molar refractivity (Wildman–Crippen MR) is 74.5 cm³/mol. The molecule has 0 aliphatic carbocycles. The first kappa shape index (κ1) is 15.2. The molecule has 1 aliphatic heterocycles. The number of methoxy groups -OCH3 is 1. The Morgan fingerprint density at radius 1 is 1.29 bits per heavy atom. The van der Waals surface area contributed by atoms with E-state index in [1.807, 2.05) is 0 Å². The number of hydrogen-bond acceptors (Lipinski definition) is 6. The van der Waals surface area contributed by atoms with E-state index in [4.69, 9.17) is 4.74 Å². The van der Waals surface area contributed by atoms with Gasteiger partial charge in [-0.1, -0.05) is 18.2 Å². The molecule has 21 heavy (non-hydrogen) atoms. The van der Waals surface area contributed by atoms with Crippen LogP contribution >= 0.6 is 0 Å². The lowest BCUT2D eigenvalue weighted by Crippen LogP contribution is -2.17. The van der Waals surface area contributed by atoms with Crippen LogP contribution in [-0.2, 0) is 19.4 Å². The first-order chi connectivity index (χ1) is 9.91. The van der Waals surface area contributed by atoms with Gasteiger partial charge in [-0.25, -0.2) is 13.2 Å². The molecule has 0 radical (unpaired) electrons. The van der Waals surface area contributed by atoms with Gasteiger partial charge in [-0.2, -0.15) is 0 Å². The third-order valence-electron chi connectivity index (χ3n) is 2.95. The Kier molecular flexibility index (Phi) is 4.42. The summed E-state index contributed by atoms with van der Waals surface area (Å²) >= 11 is 0. The molecule has 112 valence electrons. The molecule has 0 saturated heterocycles. The Morgan fingerprint density at radius 3 is 2.62 bits per heavy atom. The number of hydrogen-bond donors (Lipinski definition) is 0. The number of sulfone groups is 1. The predicted octanol–water partition coefficient (Wildman–Crippen LogP) is 1.33. The molecule has 0 bridgehead atoms. The van der Waals surface area contributed by atoms with Crippen LogP contribution in [0.25, 0.3) is 0 Å². The van der Waals surface area contributed by atoms with E-state index >= 15 is 0 Å². The molecule has 1 aromatic rings. The molecule has 0 unspecified atom stereocenters. The fourth-order valence-electron chi connectivity index (χ4n) is 1.98. The highest BCUT2D eigenvalue weighted by molar-refractivity contribution is 7.94. The molecule has 7 heteroatoms. The van der Waals surface area contributed by atoms with Crippen LogP contribution in [0.4, 0.5) is 0 Å². The molecular formula is C14H14O6S. The van der Waals surface area contributed by atoms with Gasteiger partial charge in [0.15, 0.2) is 9.84 Å². The molecule has 0 N–H and O–H groups in total. The Bertz CT molecular complexity index is 689. The van der Waals surface area contributed by atoms with Crippen molar-refractivity contribution in [2.75, 3.05) is 12.9 Å². The number of benzene rings is 1. The Morgan fingerprint density at radius 2 is 2.00 bits per heavy atom. The van der Waals surface area contributed by atoms with E-state index in [2.05, 4.69) is 4.74 Å². The van der Waals surface area contributed by atoms with Gasteiger partial charge in [-0.15, -0.1) is 0 Å². The highest BCUT2D eigenvalue weighted by Gasteiger charge is 2.25. The average molecular weight is 310 g/mol. The van der Waals surface area contributed by atoms with Crippen molar-refractivity contribution < 1.29 is 27.5 Å². The lowest BCUT2D eigenvalue weighted by atomic mass is 10.1. The van der Waals surface area contributed by atoms with Crippen LogP contribution in [0.2, 0.25) is 0 Å². The summed E-state index contributed by atoms with van der Waals surface area (Å²) in [5.74, 6) is -1.60. The van der Waals surface area contributed by atoms with Gasteiger partial charge in [0.2, 0.25) is 0 Å². The molecule has 1 atom stereocenters. The molecule has 0 aromatic heterocycles. The molecule has 0 amide bonds. The lowest BCUT2D eigenvalue weighted by molar-refractivity contribution is -0.134. The fourth-order valence-corrected chi connectivity index (χ4v) is 3.38. The summed E-state index contributed by atoms with van der Waals surface area (Å²) in [4.78, 5) is 23.4. The van der Waals surface area contributed by atoms with Gasteiger partial charge in [-0.3, -0.25) is 4.79 Å². The topological polar surface area (TPSA) is 86.7 Å². The normalized spacial score (nSPS) is 19.2. The SMILES string of the molecule is COC(=O)c1ccccc1OC(=O)C[C@@H]1C=CS(=O)(=O)C1. The molecule has 1 aromatic carbocycles. The molecule has 0 spiro atoms. The summed E-state index contributed by atoms with van der Waals surface area (Å²) in [6.45, 7) is 0. The van der Waals surface area contributed by atoms with Crippen molar-refractivity contribution in [1.29, 1.82) is 0 Å². The van der Waals surface area contributed by atoms with Gasteiger partial charge >= 0.3 is 11.9 Å². The van der Waals surface area contributed by atoms with E-state index in [1.165, 1.54) is 25.3 Å². The number of esters is 2. The maximum absolute atomic E-state index is 11.8. The largest absolute Gasteiger partial charge is 0.465 e. The number of ether oxygens (including phenoxy) is 2. The van der Waals surface area contributed by atoms with Gasteiger partial charge in [0.25, 0.3) is 0 Å². The van der Waals surface area contributed by atoms with Crippen molar-refractivity contribution in [3.63, 3.8) is 0 Å². The number of carbonyl (C=O) groups is 2. The van der Waals surface area contributed by atoms with Crippen LogP contribution < -0.4 is 4.74 Å². The summed E-state index contributed by atoms with van der Waals surface area (Å²) in [5, 5.41) is 1.10. The zero-order valence-corrected chi connectivity index (χ0v) is 12.1. The van der Waals surface area contributed by atoms with Gasteiger partial charge in [0.05, 0.1) is 19.3 Å². The van der Waals surface area contributed by atoms with Gasteiger partial charge in [0.1, 0.15) is 11.3 Å². The Balaban J connectivity index is 2.04. The van der Waals surface area contributed by atoms with Crippen LogP contribution in [0, 0.1) is 5.92 Å². The number of para-hydroxylation sites is 1. The average Bonchev–Trinajstić information content (AvgIpc) is 2.77. The lowest BCUT2D eigenvalue weighted by Gasteiger charge is -2.10. The van der Waals surface area contributed by atoms with Crippen molar-refractivity contribution in [1.82, 2.24) is 0 Å². The smallest absolute Gasteiger partial charge is 0.341 e. The summed E-state index contributed by atoms with van der Waals surface area (Å²) in [6.07, 6.45) is 1.41. The van der Waals surface area contributed by atoms with Crippen LogP contribution in [0.15, 0.2) is 35.7 Å². The quantitative estimate of drug-likeness (QED) is 0.616. The van der Waals surface area contributed by atoms with Crippen molar-refractivity contribution in [3.05, 3.63) is 41.3 Å². The second-order valence-corrected chi connectivity index (χ2v) is 6.52. The number of allylic oxidation sites excluding steroid dienone is 1. The third-order valence-corrected chi connectivity index (χ3v) is 4.41. The molecule has 2 rings (SSSR count). The fraction of sp³-hybridized carbons (Fsp3) is 0.286. The van der Waals surface area contributed by atoms with E-state index in [9.17, 15) is 18.0 Å². The number of rotatable bonds is 4. The first-order valence-electron chi connectivity index (χ1n) is 6.20. The second-order valence-electron chi connectivity index (χ2n) is 4.58. The van der Waals surface area contributed by atoms with Gasteiger partial charge < -0.3 is 9.47 Å². The molecule has 0 fully saturated rings. The minimum Gasteiger partial charge on any atom is -0.465 e. The van der Waals surface area contributed by atoms with Crippen molar-refractivity contribution in [2.45, 2.75) is 6.42 Å². The van der Waals surface area contributed by atoms with Crippen molar-refractivity contribution in [2.24, 2.45) is 5.92 Å². The van der Waals surface area contributed by atoms with E-state index in [1.54, 1.807) is 12.1 Å². The van der Waals surface area contributed by atoms with Crippen LogP contribution in [-0.4, -0.2) is 33.2 Å². The maximum atomic E-state index is 11.8. The summed E-state index contributed by atoms with van der Waals surface area (Å²) in [6, 6.07) is 6.20. The third kappa shape index (κ3) is 3.91. The van der Waals surface area contributed by atoms with E-state index in [0.717, 1.165) is 5.41 Å². The zero-order chi connectivity index (χ0) is 15.5.